The zero-order chi connectivity index (χ0) is 15.4. The summed E-state index contributed by atoms with van der Waals surface area (Å²) in [5.41, 5.74) is 1.17. The van der Waals surface area contributed by atoms with Crippen molar-refractivity contribution in [3.8, 4) is 0 Å². The lowest BCUT2D eigenvalue weighted by molar-refractivity contribution is 0.0697. The van der Waals surface area contributed by atoms with Crippen LogP contribution in [0.3, 0.4) is 0 Å². The quantitative estimate of drug-likeness (QED) is 0.895. The van der Waals surface area contributed by atoms with E-state index in [1.807, 2.05) is 0 Å². The molecule has 2 amide bonds. The summed E-state index contributed by atoms with van der Waals surface area (Å²) in [5, 5.41) is 11.9. The number of benzene rings is 1. The lowest BCUT2D eigenvalue weighted by Crippen LogP contribution is -2.43. The van der Waals surface area contributed by atoms with Crippen molar-refractivity contribution in [3.05, 3.63) is 35.4 Å². The largest absolute Gasteiger partial charge is 0.478 e. The molecule has 0 bridgehead atoms. The minimum Gasteiger partial charge on any atom is -0.478 e. The minimum atomic E-state index is -0.942. The second-order valence-electron chi connectivity index (χ2n) is 5.82. The first kappa shape index (κ1) is 15.4. The first-order valence-corrected chi connectivity index (χ1v) is 7.31. The van der Waals surface area contributed by atoms with Gasteiger partial charge in [-0.15, -0.1) is 0 Å². The number of carbonyl (C=O) groups excluding carboxylic acids is 1. The van der Waals surface area contributed by atoms with E-state index in [1.165, 1.54) is 12.8 Å². The van der Waals surface area contributed by atoms with Gasteiger partial charge in [-0.25, -0.2) is 9.59 Å². The summed E-state index contributed by atoms with van der Waals surface area (Å²) in [7, 11) is 1.75. The van der Waals surface area contributed by atoms with Gasteiger partial charge in [0.25, 0.3) is 0 Å². The number of carboxylic acid groups (broad SMARTS) is 1. The summed E-state index contributed by atoms with van der Waals surface area (Å²) in [6.45, 7) is 2.63. The van der Waals surface area contributed by atoms with Gasteiger partial charge in [-0.3, -0.25) is 0 Å². The number of amides is 2. The van der Waals surface area contributed by atoms with E-state index in [2.05, 4.69) is 12.2 Å². The lowest BCUT2D eigenvalue weighted by Gasteiger charge is -2.23. The van der Waals surface area contributed by atoms with Crippen molar-refractivity contribution in [2.45, 2.75) is 38.8 Å². The van der Waals surface area contributed by atoms with Gasteiger partial charge in [0, 0.05) is 19.6 Å². The molecule has 1 aliphatic rings. The summed E-state index contributed by atoms with van der Waals surface area (Å²) in [6, 6.07) is 6.80. The van der Waals surface area contributed by atoms with Crippen molar-refractivity contribution in [3.63, 3.8) is 0 Å². The van der Waals surface area contributed by atoms with Gasteiger partial charge in [0.1, 0.15) is 0 Å². The minimum absolute atomic E-state index is 0.0731. The zero-order valence-corrected chi connectivity index (χ0v) is 12.5. The first-order valence-electron chi connectivity index (χ1n) is 7.31. The molecule has 0 spiro atoms. The third kappa shape index (κ3) is 3.97. The van der Waals surface area contributed by atoms with Gasteiger partial charge in [0.05, 0.1) is 5.56 Å². The van der Waals surface area contributed by atoms with Gasteiger partial charge in [0.15, 0.2) is 0 Å². The molecule has 1 saturated carbocycles. The molecule has 5 nitrogen and oxygen atoms in total. The number of rotatable bonds is 4. The van der Waals surface area contributed by atoms with Crippen molar-refractivity contribution >= 4 is 12.0 Å². The second-order valence-corrected chi connectivity index (χ2v) is 5.82. The van der Waals surface area contributed by atoms with Crippen LogP contribution in [0.15, 0.2) is 24.3 Å². The van der Waals surface area contributed by atoms with Crippen molar-refractivity contribution in [2.24, 2.45) is 5.92 Å². The summed E-state index contributed by atoms with van der Waals surface area (Å²) >= 11 is 0. The van der Waals surface area contributed by atoms with Crippen LogP contribution in [0, 0.1) is 5.92 Å². The summed E-state index contributed by atoms with van der Waals surface area (Å²) in [6.07, 6.45) is 3.39. The number of hydrogen-bond donors (Lipinski definition) is 2. The van der Waals surface area contributed by atoms with Crippen LogP contribution in [-0.4, -0.2) is 35.1 Å². The van der Waals surface area contributed by atoms with E-state index in [0.717, 1.165) is 12.0 Å². The maximum absolute atomic E-state index is 12.1. The molecule has 1 aliphatic carbocycles. The molecule has 5 heteroatoms. The molecule has 0 saturated heterocycles. The van der Waals surface area contributed by atoms with E-state index in [1.54, 1.807) is 36.2 Å². The fourth-order valence-corrected chi connectivity index (χ4v) is 2.73. The molecule has 0 radical (unpaired) electrons. The number of urea groups is 1. The second kappa shape index (κ2) is 6.61. The Labute approximate surface area is 125 Å². The normalized spacial score (nSPS) is 21.0. The van der Waals surface area contributed by atoms with Gasteiger partial charge in [-0.05, 0) is 36.5 Å². The Morgan fingerprint density at radius 1 is 1.29 bits per heavy atom. The Morgan fingerprint density at radius 3 is 2.48 bits per heavy atom. The van der Waals surface area contributed by atoms with E-state index >= 15 is 0 Å². The zero-order valence-electron chi connectivity index (χ0n) is 12.5. The lowest BCUT2D eigenvalue weighted by atomic mass is 10.1. The predicted octanol–water partition coefficient (Wildman–Crippen LogP) is 2.71. The van der Waals surface area contributed by atoms with E-state index < -0.39 is 5.97 Å². The van der Waals surface area contributed by atoms with E-state index in [0.29, 0.717) is 12.5 Å². The fourth-order valence-electron chi connectivity index (χ4n) is 2.73. The van der Waals surface area contributed by atoms with Gasteiger partial charge in [0.2, 0.25) is 0 Å². The highest BCUT2D eigenvalue weighted by molar-refractivity contribution is 5.87. The van der Waals surface area contributed by atoms with Crippen LogP contribution in [0.1, 0.15) is 42.1 Å². The number of hydrogen-bond acceptors (Lipinski definition) is 2. The summed E-state index contributed by atoms with van der Waals surface area (Å²) < 4.78 is 0. The van der Waals surface area contributed by atoms with Gasteiger partial charge in [-0.1, -0.05) is 25.5 Å². The van der Waals surface area contributed by atoms with Crippen molar-refractivity contribution in [2.75, 3.05) is 7.05 Å². The molecule has 2 unspecified atom stereocenters. The number of nitrogens with zero attached hydrogens (tertiary/aromatic N) is 1. The first-order chi connectivity index (χ1) is 9.97. The molecule has 0 heterocycles. The molecule has 1 aromatic rings. The number of nitrogens with one attached hydrogen (secondary N) is 1. The van der Waals surface area contributed by atoms with Gasteiger partial charge >= 0.3 is 12.0 Å². The summed E-state index contributed by atoms with van der Waals surface area (Å²) in [5.74, 6) is -0.403. The highest BCUT2D eigenvalue weighted by atomic mass is 16.4. The molecule has 2 rings (SSSR count). The van der Waals surface area contributed by atoms with Crippen LogP contribution >= 0.6 is 0 Å². The Balaban J connectivity index is 1.89. The summed E-state index contributed by atoms with van der Waals surface area (Å²) in [4.78, 5) is 24.6. The molecule has 0 aliphatic heterocycles. The third-order valence-corrected chi connectivity index (χ3v) is 4.14. The van der Waals surface area contributed by atoms with Crippen LogP contribution in [-0.2, 0) is 6.54 Å². The van der Waals surface area contributed by atoms with Crippen LogP contribution in [0.2, 0.25) is 0 Å². The topological polar surface area (TPSA) is 69.6 Å². The molecule has 114 valence electrons. The molecule has 21 heavy (non-hydrogen) atoms. The van der Waals surface area contributed by atoms with E-state index in [4.69, 9.17) is 5.11 Å². The molecule has 2 atom stereocenters. The monoisotopic (exact) mass is 290 g/mol. The molecular formula is C16H22N2O3. The number of aromatic carboxylic acids is 1. The highest BCUT2D eigenvalue weighted by Crippen LogP contribution is 2.24. The molecule has 1 aromatic carbocycles. The average molecular weight is 290 g/mol. The standard InChI is InChI=1S/C16H22N2O3/c1-11-4-3-5-14(11)17-16(21)18(2)10-12-6-8-13(9-7-12)15(19)20/h6-9,11,14H,3-5,10H2,1-2H3,(H,17,21)(H,19,20). The Morgan fingerprint density at radius 2 is 1.95 bits per heavy atom. The van der Waals surface area contributed by atoms with E-state index in [-0.39, 0.29) is 17.6 Å². The highest BCUT2D eigenvalue weighted by Gasteiger charge is 2.25. The van der Waals surface area contributed by atoms with Gasteiger partial charge in [-0.2, -0.15) is 0 Å². The Bertz CT molecular complexity index is 513. The molecule has 0 aromatic heterocycles. The predicted molar refractivity (Wildman–Crippen MR) is 80.2 cm³/mol. The van der Waals surface area contributed by atoms with E-state index in [9.17, 15) is 9.59 Å². The van der Waals surface area contributed by atoms with Crippen LogP contribution < -0.4 is 5.32 Å². The smallest absolute Gasteiger partial charge is 0.335 e. The van der Waals surface area contributed by atoms with Crippen LogP contribution in [0.25, 0.3) is 0 Å². The average Bonchev–Trinajstić information content (AvgIpc) is 2.84. The third-order valence-electron chi connectivity index (χ3n) is 4.14. The maximum atomic E-state index is 12.1. The van der Waals surface area contributed by atoms with Crippen molar-refractivity contribution in [1.82, 2.24) is 10.2 Å². The fraction of sp³-hybridized carbons (Fsp3) is 0.500. The van der Waals surface area contributed by atoms with Crippen molar-refractivity contribution in [1.29, 1.82) is 0 Å². The number of carboxylic acids is 1. The van der Waals surface area contributed by atoms with Crippen LogP contribution in [0.4, 0.5) is 4.79 Å². The SMILES string of the molecule is CC1CCCC1NC(=O)N(C)Cc1ccc(C(=O)O)cc1. The molecule has 1 fully saturated rings. The maximum Gasteiger partial charge on any atom is 0.335 e. The number of carbonyl (C=O) groups is 2. The Kier molecular flexibility index (Phi) is 4.83. The Hall–Kier alpha value is -2.04. The van der Waals surface area contributed by atoms with Crippen LogP contribution in [0.5, 0.6) is 0 Å². The molecular weight excluding hydrogens is 268 g/mol. The van der Waals surface area contributed by atoms with Gasteiger partial charge < -0.3 is 15.3 Å². The molecule has 2 N–H and O–H groups in total. The van der Waals surface area contributed by atoms with Crippen molar-refractivity contribution < 1.29 is 14.7 Å².